The number of nitrogens with zero attached hydrogens (tertiary/aromatic N) is 1. The van der Waals surface area contributed by atoms with Crippen LogP contribution < -0.4 is 0 Å². The fourth-order valence-corrected chi connectivity index (χ4v) is 5.26. The zero-order valence-electron chi connectivity index (χ0n) is 10.9. The van der Waals surface area contributed by atoms with E-state index in [0.29, 0.717) is 18.2 Å². The highest BCUT2D eigenvalue weighted by Crippen LogP contribution is 2.33. The molecule has 108 valence electrons. The highest BCUT2D eigenvalue weighted by molar-refractivity contribution is 9.10. The molecule has 0 aromatic carbocycles. The number of piperidine rings is 1. The van der Waals surface area contributed by atoms with Crippen LogP contribution in [0.1, 0.15) is 32.4 Å². The number of hydrogen-bond acceptors (Lipinski definition) is 3. The lowest BCUT2D eigenvalue weighted by Crippen LogP contribution is -2.45. The largest absolute Gasteiger partial charge is 0.452 e. The Morgan fingerprint density at radius 2 is 2.21 bits per heavy atom. The van der Waals surface area contributed by atoms with Gasteiger partial charge in [-0.1, -0.05) is 6.92 Å². The molecule has 0 N–H and O–H groups in total. The van der Waals surface area contributed by atoms with Gasteiger partial charge in [0.05, 0.1) is 5.88 Å². The van der Waals surface area contributed by atoms with Crippen molar-refractivity contribution >= 4 is 37.6 Å². The molecule has 1 fully saturated rings. The zero-order valence-corrected chi connectivity index (χ0v) is 14.1. The summed E-state index contributed by atoms with van der Waals surface area (Å²) in [5, 5.41) is 0. The lowest BCUT2D eigenvalue weighted by Gasteiger charge is -2.36. The molecule has 7 heteroatoms. The first kappa shape index (κ1) is 15.4. The van der Waals surface area contributed by atoms with Gasteiger partial charge in [-0.3, -0.25) is 0 Å². The zero-order chi connectivity index (χ0) is 14.2. The second kappa shape index (κ2) is 5.76. The molecule has 0 bridgehead atoms. The third-order valence-corrected chi connectivity index (χ3v) is 6.85. The van der Waals surface area contributed by atoms with Crippen LogP contribution in [0.5, 0.6) is 0 Å². The van der Waals surface area contributed by atoms with Gasteiger partial charge in [0.25, 0.3) is 0 Å². The number of furan rings is 1. The van der Waals surface area contributed by atoms with E-state index < -0.39 is 10.0 Å². The monoisotopic (exact) mass is 369 g/mol. The van der Waals surface area contributed by atoms with Gasteiger partial charge in [-0.25, -0.2) is 8.42 Å². The van der Waals surface area contributed by atoms with E-state index in [-0.39, 0.29) is 21.5 Å². The summed E-state index contributed by atoms with van der Waals surface area (Å²) in [5.41, 5.74) is 0. The van der Waals surface area contributed by atoms with E-state index in [9.17, 15) is 8.42 Å². The molecule has 2 unspecified atom stereocenters. The van der Waals surface area contributed by atoms with Gasteiger partial charge in [-0.15, -0.1) is 11.6 Å². The third-order valence-electron chi connectivity index (χ3n) is 3.74. The molecular formula is C12H17BrClNO3S. The Bertz CT molecular complexity index is 557. The first-order valence-electron chi connectivity index (χ1n) is 6.24. The number of alkyl halides is 1. The fourth-order valence-electron chi connectivity index (χ4n) is 2.40. The molecule has 2 rings (SSSR count). The van der Waals surface area contributed by atoms with E-state index >= 15 is 0 Å². The van der Waals surface area contributed by atoms with Gasteiger partial charge in [0.1, 0.15) is 10.7 Å². The lowest BCUT2D eigenvalue weighted by atomic mass is 9.94. The van der Waals surface area contributed by atoms with Crippen LogP contribution in [0, 0.1) is 5.92 Å². The summed E-state index contributed by atoms with van der Waals surface area (Å²) in [5.74, 6) is 0.964. The van der Waals surface area contributed by atoms with Crippen molar-refractivity contribution in [3.63, 3.8) is 0 Å². The Morgan fingerprint density at radius 1 is 1.53 bits per heavy atom. The lowest BCUT2D eigenvalue weighted by molar-refractivity contribution is 0.202. The topological polar surface area (TPSA) is 50.5 Å². The molecule has 1 aliphatic heterocycles. The van der Waals surface area contributed by atoms with Crippen molar-refractivity contribution < 1.29 is 12.8 Å². The van der Waals surface area contributed by atoms with Gasteiger partial charge in [0.15, 0.2) is 4.67 Å². The van der Waals surface area contributed by atoms with Crippen molar-refractivity contribution in [2.75, 3.05) is 6.54 Å². The number of halogens is 2. The maximum absolute atomic E-state index is 12.7. The second-order valence-corrected chi connectivity index (χ2v) is 7.81. The van der Waals surface area contributed by atoms with Crippen LogP contribution >= 0.6 is 27.5 Å². The van der Waals surface area contributed by atoms with Crippen LogP contribution in [0.3, 0.4) is 0 Å². The van der Waals surface area contributed by atoms with Gasteiger partial charge in [-0.2, -0.15) is 4.31 Å². The normalized spacial score (nSPS) is 25.7. The molecule has 19 heavy (non-hydrogen) atoms. The Morgan fingerprint density at radius 3 is 2.79 bits per heavy atom. The summed E-state index contributed by atoms with van der Waals surface area (Å²) in [6, 6.07) is 1.50. The average molecular weight is 371 g/mol. The van der Waals surface area contributed by atoms with Crippen molar-refractivity contribution in [1.29, 1.82) is 0 Å². The predicted octanol–water partition coefficient (Wildman–Crippen LogP) is 3.59. The number of rotatable bonds is 3. The van der Waals surface area contributed by atoms with E-state index in [1.165, 1.54) is 6.07 Å². The molecule has 0 amide bonds. The number of hydrogen-bond donors (Lipinski definition) is 0. The molecule has 0 spiro atoms. The molecule has 1 aliphatic rings. The summed E-state index contributed by atoms with van der Waals surface area (Å²) in [6.45, 7) is 4.60. The molecule has 2 atom stereocenters. The van der Waals surface area contributed by atoms with Gasteiger partial charge >= 0.3 is 0 Å². The molecular weight excluding hydrogens is 354 g/mol. The van der Waals surface area contributed by atoms with Crippen LogP contribution in [0.2, 0.25) is 0 Å². The van der Waals surface area contributed by atoms with Gasteiger partial charge < -0.3 is 4.42 Å². The maximum Gasteiger partial charge on any atom is 0.247 e. The van der Waals surface area contributed by atoms with Crippen LogP contribution in [-0.2, 0) is 15.9 Å². The Balaban J connectivity index is 2.38. The average Bonchev–Trinajstić information content (AvgIpc) is 2.74. The third kappa shape index (κ3) is 2.86. The molecule has 0 radical (unpaired) electrons. The summed E-state index contributed by atoms with van der Waals surface area (Å²) in [7, 11) is -3.53. The second-order valence-electron chi connectivity index (χ2n) is 4.96. The van der Waals surface area contributed by atoms with Crippen molar-refractivity contribution in [1.82, 2.24) is 4.31 Å². The molecule has 1 aromatic heterocycles. The smallest absolute Gasteiger partial charge is 0.247 e. The first-order valence-corrected chi connectivity index (χ1v) is 9.00. The van der Waals surface area contributed by atoms with E-state index in [1.807, 2.05) is 6.92 Å². The van der Waals surface area contributed by atoms with Crippen LogP contribution in [0.4, 0.5) is 0 Å². The van der Waals surface area contributed by atoms with Gasteiger partial charge in [0, 0.05) is 18.7 Å². The van der Waals surface area contributed by atoms with E-state index in [2.05, 4.69) is 22.9 Å². The van der Waals surface area contributed by atoms with Crippen molar-refractivity contribution in [3.8, 4) is 0 Å². The highest BCUT2D eigenvalue weighted by Gasteiger charge is 2.36. The minimum atomic E-state index is -3.53. The first-order chi connectivity index (χ1) is 8.87. The van der Waals surface area contributed by atoms with Crippen LogP contribution in [0.15, 0.2) is 20.0 Å². The predicted molar refractivity (Wildman–Crippen MR) is 77.7 cm³/mol. The Kier molecular flexibility index (Phi) is 4.65. The molecule has 1 aromatic rings. The fraction of sp³-hybridized carbons (Fsp3) is 0.667. The molecule has 0 saturated carbocycles. The molecule has 0 aliphatic carbocycles. The van der Waals surface area contributed by atoms with E-state index in [0.717, 1.165) is 12.8 Å². The summed E-state index contributed by atoms with van der Waals surface area (Å²) in [6.07, 6.45) is 1.95. The Labute approximate surface area is 127 Å². The van der Waals surface area contributed by atoms with Crippen molar-refractivity contribution in [2.45, 2.75) is 43.5 Å². The highest BCUT2D eigenvalue weighted by atomic mass is 79.9. The van der Waals surface area contributed by atoms with Crippen molar-refractivity contribution in [3.05, 3.63) is 16.5 Å². The summed E-state index contributed by atoms with van der Waals surface area (Å²) >= 11 is 8.84. The number of sulfonamides is 1. The summed E-state index contributed by atoms with van der Waals surface area (Å²) < 4.78 is 32.4. The SMILES string of the molecule is CC1CCCN(S(=O)(=O)c2cc(CCl)oc2Br)C1C. The minimum absolute atomic E-state index is 0.00000142. The molecule has 2 heterocycles. The van der Waals surface area contributed by atoms with Crippen LogP contribution in [-0.4, -0.2) is 25.3 Å². The van der Waals surface area contributed by atoms with Gasteiger partial charge in [0.2, 0.25) is 10.0 Å². The van der Waals surface area contributed by atoms with Crippen molar-refractivity contribution in [2.24, 2.45) is 5.92 Å². The molecule has 1 saturated heterocycles. The Hall–Kier alpha value is -0.0400. The van der Waals surface area contributed by atoms with E-state index in [1.54, 1.807) is 4.31 Å². The standard InChI is InChI=1S/C12H17BrClNO3S/c1-8-4-3-5-15(9(8)2)19(16,17)11-6-10(7-14)18-12(11)13/h6,8-9H,3-5,7H2,1-2H3. The maximum atomic E-state index is 12.7. The quantitative estimate of drug-likeness (QED) is 0.764. The van der Waals surface area contributed by atoms with Gasteiger partial charge in [-0.05, 0) is 41.6 Å². The summed E-state index contributed by atoms with van der Waals surface area (Å²) in [4.78, 5) is 0.170. The molecule has 4 nitrogen and oxygen atoms in total. The van der Waals surface area contributed by atoms with Crippen LogP contribution in [0.25, 0.3) is 0 Å². The van der Waals surface area contributed by atoms with E-state index in [4.69, 9.17) is 16.0 Å². The minimum Gasteiger partial charge on any atom is -0.452 e.